The molecule has 0 amide bonds. The zero-order valence-corrected chi connectivity index (χ0v) is 8.77. The summed E-state index contributed by atoms with van der Waals surface area (Å²) in [5.41, 5.74) is 0. The lowest BCUT2D eigenvalue weighted by Gasteiger charge is -2.06. The molecule has 0 saturated heterocycles. The average molecular weight is 240 g/mol. The van der Waals surface area contributed by atoms with Gasteiger partial charge in [0.15, 0.2) is 0 Å². The molecule has 0 spiro atoms. The second-order valence-electron chi connectivity index (χ2n) is 3.29. The minimum Gasteiger partial charge on any atom is -0.508 e. The van der Waals surface area contributed by atoms with Crippen molar-refractivity contribution in [3.05, 3.63) is 30.3 Å². The van der Waals surface area contributed by atoms with Gasteiger partial charge < -0.3 is 10.2 Å². The molecular weight excluding hydrogens is 232 g/mol. The molecule has 0 unspecified atom stereocenters. The Balaban J connectivity index is 3.03. The molecule has 0 heterocycles. The lowest BCUT2D eigenvalue weighted by molar-refractivity contribution is 0.464. The van der Waals surface area contributed by atoms with Crippen LogP contribution in [-0.2, 0) is 10.1 Å². The first-order valence-electron chi connectivity index (χ1n) is 4.32. The fraction of sp³-hybridized carbons (Fsp3) is 0. The summed E-state index contributed by atoms with van der Waals surface area (Å²) in [6.07, 6.45) is 0. The zero-order chi connectivity index (χ0) is 11.9. The van der Waals surface area contributed by atoms with Crippen LogP contribution in [0.1, 0.15) is 0 Å². The normalized spacial score (nSPS) is 11.8. The van der Waals surface area contributed by atoms with Gasteiger partial charge in [-0.1, -0.05) is 12.1 Å². The van der Waals surface area contributed by atoms with Crippen LogP contribution in [0, 0.1) is 0 Å². The van der Waals surface area contributed by atoms with Crippen molar-refractivity contribution in [2.45, 2.75) is 4.90 Å². The fourth-order valence-corrected chi connectivity index (χ4v) is 2.31. The lowest BCUT2D eigenvalue weighted by atomic mass is 10.1. The van der Waals surface area contributed by atoms with Gasteiger partial charge >= 0.3 is 0 Å². The Morgan fingerprint density at radius 1 is 1.06 bits per heavy atom. The van der Waals surface area contributed by atoms with Crippen molar-refractivity contribution in [3.8, 4) is 11.5 Å². The van der Waals surface area contributed by atoms with Gasteiger partial charge in [-0.15, -0.1) is 0 Å². The molecule has 0 bridgehead atoms. The summed E-state index contributed by atoms with van der Waals surface area (Å²) in [6, 6.07) is 6.50. The topological polar surface area (TPSA) is 94.8 Å². The molecule has 2 aromatic carbocycles. The molecule has 0 fully saturated rings. The van der Waals surface area contributed by atoms with E-state index >= 15 is 0 Å². The maximum atomic E-state index is 11.1. The van der Waals surface area contributed by atoms with Crippen LogP contribution < -0.4 is 0 Å². The first-order chi connectivity index (χ1) is 7.39. The highest BCUT2D eigenvalue weighted by Gasteiger charge is 2.17. The first kappa shape index (κ1) is 10.7. The number of hydrogen-bond donors (Lipinski definition) is 3. The van der Waals surface area contributed by atoms with Gasteiger partial charge in [-0.3, -0.25) is 4.55 Å². The van der Waals surface area contributed by atoms with Crippen LogP contribution in [-0.4, -0.2) is 23.2 Å². The highest BCUT2D eigenvalue weighted by atomic mass is 32.2. The standard InChI is InChI=1S/C10H8O5S/c11-7-4-6-2-1-3-8(12)10(6)9(5-7)16(13,14)15/h1-5,11-12H,(H,13,14,15). The van der Waals surface area contributed by atoms with Gasteiger partial charge in [0.05, 0.1) is 0 Å². The summed E-state index contributed by atoms with van der Waals surface area (Å²) >= 11 is 0. The summed E-state index contributed by atoms with van der Waals surface area (Å²) in [7, 11) is -4.49. The van der Waals surface area contributed by atoms with E-state index in [0.717, 1.165) is 6.07 Å². The quantitative estimate of drug-likeness (QED) is 0.656. The molecule has 16 heavy (non-hydrogen) atoms. The Morgan fingerprint density at radius 3 is 2.38 bits per heavy atom. The molecule has 0 saturated carbocycles. The van der Waals surface area contributed by atoms with Crippen LogP contribution in [0.5, 0.6) is 11.5 Å². The highest BCUT2D eigenvalue weighted by molar-refractivity contribution is 7.86. The van der Waals surface area contributed by atoms with E-state index in [4.69, 9.17) is 4.55 Å². The first-order valence-corrected chi connectivity index (χ1v) is 5.76. The molecule has 2 aromatic rings. The Morgan fingerprint density at radius 2 is 1.75 bits per heavy atom. The van der Waals surface area contributed by atoms with Crippen LogP contribution in [0.3, 0.4) is 0 Å². The highest BCUT2D eigenvalue weighted by Crippen LogP contribution is 2.33. The van der Waals surface area contributed by atoms with Gasteiger partial charge in [0.25, 0.3) is 10.1 Å². The van der Waals surface area contributed by atoms with Crippen molar-refractivity contribution >= 4 is 20.9 Å². The van der Waals surface area contributed by atoms with Gasteiger partial charge in [-0.25, -0.2) is 0 Å². The smallest absolute Gasteiger partial charge is 0.295 e. The number of rotatable bonds is 1. The molecule has 0 aliphatic heterocycles. The van der Waals surface area contributed by atoms with Gasteiger partial charge in [-0.2, -0.15) is 8.42 Å². The van der Waals surface area contributed by atoms with Gasteiger partial charge in [0, 0.05) is 11.5 Å². The predicted octanol–water partition coefficient (Wildman–Crippen LogP) is 1.50. The Bertz CT molecular complexity index is 660. The molecule has 0 radical (unpaired) electrons. The van der Waals surface area contributed by atoms with E-state index in [1.54, 1.807) is 0 Å². The zero-order valence-electron chi connectivity index (χ0n) is 7.95. The number of benzene rings is 2. The SMILES string of the molecule is O=S(=O)(O)c1cc(O)cc2cccc(O)c12. The molecular formula is C10H8O5S. The van der Waals surface area contributed by atoms with E-state index in [0.29, 0.717) is 5.39 Å². The van der Waals surface area contributed by atoms with Crippen molar-refractivity contribution in [1.82, 2.24) is 0 Å². The van der Waals surface area contributed by atoms with Gasteiger partial charge in [-0.05, 0) is 17.5 Å². The van der Waals surface area contributed by atoms with E-state index in [9.17, 15) is 18.6 Å². The molecule has 0 atom stereocenters. The fourth-order valence-electron chi connectivity index (χ4n) is 1.56. The molecule has 3 N–H and O–H groups in total. The number of hydrogen-bond acceptors (Lipinski definition) is 4. The summed E-state index contributed by atoms with van der Waals surface area (Å²) in [5.74, 6) is -0.573. The van der Waals surface area contributed by atoms with E-state index in [-0.39, 0.29) is 16.9 Å². The lowest BCUT2D eigenvalue weighted by Crippen LogP contribution is -1.99. The van der Waals surface area contributed by atoms with Crippen LogP contribution >= 0.6 is 0 Å². The van der Waals surface area contributed by atoms with E-state index < -0.39 is 15.0 Å². The maximum Gasteiger partial charge on any atom is 0.295 e. The number of phenolic OH excluding ortho intramolecular Hbond substituents is 2. The molecule has 5 nitrogen and oxygen atoms in total. The molecule has 0 aliphatic carbocycles. The van der Waals surface area contributed by atoms with Crippen LogP contribution in [0.15, 0.2) is 35.2 Å². The summed E-state index contributed by atoms with van der Waals surface area (Å²) < 4.78 is 31.2. The average Bonchev–Trinajstić information content (AvgIpc) is 2.15. The third kappa shape index (κ3) is 1.68. The van der Waals surface area contributed by atoms with Crippen molar-refractivity contribution < 1.29 is 23.2 Å². The van der Waals surface area contributed by atoms with Crippen LogP contribution in [0.2, 0.25) is 0 Å². The monoisotopic (exact) mass is 240 g/mol. The predicted molar refractivity (Wildman–Crippen MR) is 57.1 cm³/mol. The number of aromatic hydroxyl groups is 2. The molecule has 0 aromatic heterocycles. The van der Waals surface area contributed by atoms with E-state index in [1.165, 1.54) is 24.3 Å². The number of fused-ring (bicyclic) bond motifs is 1. The maximum absolute atomic E-state index is 11.1. The Labute approximate surface area is 91.3 Å². The van der Waals surface area contributed by atoms with E-state index in [1.807, 2.05) is 0 Å². The third-order valence-corrected chi connectivity index (χ3v) is 3.06. The third-order valence-electron chi connectivity index (χ3n) is 2.18. The van der Waals surface area contributed by atoms with Gasteiger partial charge in [0.2, 0.25) is 0 Å². The van der Waals surface area contributed by atoms with Crippen LogP contribution in [0.4, 0.5) is 0 Å². The van der Waals surface area contributed by atoms with Crippen LogP contribution in [0.25, 0.3) is 10.8 Å². The van der Waals surface area contributed by atoms with Crippen molar-refractivity contribution in [2.24, 2.45) is 0 Å². The van der Waals surface area contributed by atoms with E-state index in [2.05, 4.69) is 0 Å². The minimum absolute atomic E-state index is 0.0113. The molecule has 84 valence electrons. The summed E-state index contributed by atoms with van der Waals surface area (Å²) in [4.78, 5) is -0.513. The Kier molecular flexibility index (Phi) is 2.25. The Hall–Kier alpha value is -1.79. The molecule has 0 aliphatic rings. The van der Waals surface area contributed by atoms with Crippen molar-refractivity contribution in [3.63, 3.8) is 0 Å². The van der Waals surface area contributed by atoms with Gasteiger partial charge in [0.1, 0.15) is 16.4 Å². The molecule has 2 rings (SSSR count). The summed E-state index contributed by atoms with van der Waals surface area (Å²) in [5, 5.41) is 19.2. The van der Waals surface area contributed by atoms with Crippen molar-refractivity contribution in [1.29, 1.82) is 0 Å². The second kappa shape index (κ2) is 3.36. The largest absolute Gasteiger partial charge is 0.508 e. The summed E-state index contributed by atoms with van der Waals surface area (Å²) in [6.45, 7) is 0. The van der Waals surface area contributed by atoms with Crippen molar-refractivity contribution in [2.75, 3.05) is 0 Å². The minimum atomic E-state index is -4.49. The number of phenols is 2. The second-order valence-corrected chi connectivity index (χ2v) is 4.68. The molecule has 6 heteroatoms.